The summed E-state index contributed by atoms with van der Waals surface area (Å²) in [7, 11) is 0. The molecule has 1 amide bonds. The van der Waals surface area contributed by atoms with Crippen molar-refractivity contribution < 1.29 is 4.79 Å². The molecule has 2 nitrogen and oxygen atoms in total. The molecule has 0 unspecified atom stereocenters. The summed E-state index contributed by atoms with van der Waals surface area (Å²) in [4.78, 5) is 14.0. The van der Waals surface area contributed by atoms with Crippen molar-refractivity contribution in [1.29, 1.82) is 0 Å². The van der Waals surface area contributed by atoms with Gasteiger partial charge >= 0.3 is 0 Å². The second kappa shape index (κ2) is 5.57. The summed E-state index contributed by atoms with van der Waals surface area (Å²) in [6.07, 6.45) is 0. The van der Waals surface area contributed by atoms with Gasteiger partial charge in [0.15, 0.2) is 0 Å². The number of amides is 1. The molecule has 0 radical (unpaired) electrons. The van der Waals surface area contributed by atoms with Crippen LogP contribution in [0.4, 0.5) is 0 Å². The minimum Gasteiger partial charge on any atom is -0.345 e. The number of benzene rings is 1. The highest BCUT2D eigenvalue weighted by Crippen LogP contribution is 2.20. The maximum atomic E-state index is 12.1. The van der Waals surface area contributed by atoms with Gasteiger partial charge in [-0.3, -0.25) is 4.79 Å². The number of nitrogens with one attached hydrogen (secondary N) is 1. The van der Waals surface area contributed by atoms with Crippen molar-refractivity contribution in [3.8, 4) is 0 Å². The lowest BCUT2D eigenvalue weighted by Crippen LogP contribution is -2.26. The van der Waals surface area contributed by atoms with Gasteiger partial charge in [0.05, 0.1) is 10.9 Å². The van der Waals surface area contributed by atoms with Crippen LogP contribution >= 0.6 is 11.3 Å². The van der Waals surface area contributed by atoms with Crippen LogP contribution in [0, 0.1) is 20.8 Å². The van der Waals surface area contributed by atoms with Gasteiger partial charge in [0, 0.05) is 4.88 Å². The molecular formula is C16H19NOS. The van der Waals surface area contributed by atoms with Gasteiger partial charge < -0.3 is 5.32 Å². The van der Waals surface area contributed by atoms with Crippen molar-refractivity contribution >= 4 is 17.2 Å². The Kier molecular flexibility index (Phi) is 4.05. The standard InChI is InChI=1S/C16H19NOS/c1-10-5-7-14(11(2)9-10)13(4)17-16(18)15-8-6-12(3)19-15/h5-9,13H,1-4H3,(H,17,18)/t13-/m1/s1. The lowest BCUT2D eigenvalue weighted by Gasteiger charge is -2.16. The largest absolute Gasteiger partial charge is 0.345 e. The first-order valence-electron chi connectivity index (χ1n) is 6.42. The van der Waals surface area contributed by atoms with Gasteiger partial charge in [-0.15, -0.1) is 11.3 Å². The zero-order valence-corrected chi connectivity index (χ0v) is 12.6. The van der Waals surface area contributed by atoms with Gasteiger partial charge in [0.1, 0.15) is 0 Å². The fourth-order valence-corrected chi connectivity index (χ4v) is 2.98. The first kappa shape index (κ1) is 13.8. The zero-order chi connectivity index (χ0) is 14.0. The minimum absolute atomic E-state index is 0.00516. The highest BCUT2D eigenvalue weighted by atomic mass is 32.1. The predicted octanol–water partition coefficient (Wildman–Crippen LogP) is 4.16. The number of carbonyl (C=O) groups excluding carboxylic acids is 1. The number of thiophene rings is 1. The third-order valence-electron chi connectivity index (χ3n) is 3.20. The fraction of sp³-hybridized carbons (Fsp3) is 0.312. The molecule has 0 aliphatic carbocycles. The smallest absolute Gasteiger partial charge is 0.261 e. The Hall–Kier alpha value is -1.61. The van der Waals surface area contributed by atoms with E-state index in [1.165, 1.54) is 28.0 Å². The Balaban J connectivity index is 2.12. The lowest BCUT2D eigenvalue weighted by atomic mass is 10.0. The number of aryl methyl sites for hydroxylation is 3. The first-order valence-corrected chi connectivity index (χ1v) is 7.23. The molecule has 0 fully saturated rings. The number of rotatable bonds is 3. The molecule has 1 N–H and O–H groups in total. The molecule has 3 heteroatoms. The molecule has 1 atom stereocenters. The molecule has 1 aromatic heterocycles. The molecule has 0 bridgehead atoms. The Morgan fingerprint density at radius 1 is 1.16 bits per heavy atom. The molecule has 0 aliphatic rings. The summed E-state index contributed by atoms with van der Waals surface area (Å²) in [6, 6.07) is 10.2. The average Bonchev–Trinajstić information content (AvgIpc) is 2.75. The monoisotopic (exact) mass is 273 g/mol. The molecule has 2 aromatic rings. The van der Waals surface area contributed by atoms with E-state index in [4.69, 9.17) is 0 Å². The normalized spacial score (nSPS) is 12.2. The maximum absolute atomic E-state index is 12.1. The topological polar surface area (TPSA) is 29.1 Å². The van der Waals surface area contributed by atoms with Crippen LogP contribution in [0.5, 0.6) is 0 Å². The van der Waals surface area contributed by atoms with Crippen LogP contribution < -0.4 is 5.32 Å². The van der Waals surface area contributed by atoms with Crippen LogP contribution in [0.15, 0.2) is 30.3 Å². The second-order valence-corrected chi connectivity index (χ2v) is 6.25. The second-order valence-electron chi connectivity index (χ2n) is 4.97. The Bertz CT molecular complexity index is 601. The van der Waals surface area contributed by atoms with Crippen LogP contribution in [-0.4, -0.2) is 5.91 Å². The molecule has 1 aromatic carbocycles. The first-order chi connectivity index (χ1) is 8.97. The van der Waals surface area contributed by atoms with E-state index in [9.17, 15) is 4.79 Å². The molecular weight excluding hydrogens is 254 g/mol. The third-order valence-corrected chi connectivity index (χ3v) is 4.20. The Morgan fingerprint density at radius 2 is 1.89 bits per heavy atom. The van der Waals surface area contributed by atoms with Gasteiger partial charge in [0.25, 0.3) is 5.91 Å². The van der Waals surface area contributed by atoms with E-state index >= 15 is 0 Å². The van der Waals surface area contributed by atoms with Gasteiger partial charge in [0.2, 0.25) is 0 Å². The number of hydrogen-bond donors (Lipinski definition) is 1. The summed E-state index contributed by atoms with van der Waals surface area (Å²) in [5.74, 6) is 0.00516. The molecule has 100 valence electrons. The van der Waals surface area contributed by atoms with Gasteiger partial charge in [-0.1, -0.05) is 23.8 Å². The van der Waals surface area contributed by atoms with Crippen molar-refractivity contribution in [3.63, 3.8) is 0 Å². The van der Waals surface area contributed by atoms with E-state index in [2.05, 4.69) is 37.4 Å². The van der Waals surface area contributed by atoms with Crippen LogP contribution in [0.1, 0.15) is 44.2 Å². The van der Waals surface area contributed by atoms with E-state index < -0.39 is 0 Å². The van der Waals surface area contributed by atoms with Crippen molar-refractivity contribution in [1.82, 2.24) is 5.32 Å². The van der Waals surface area contributed by atoms with Crippen LogP contribution in [-0.2, 0) is 0 Å². The molecule has 0 aliphatic heterocycles. The summed E-state index contributed by atoms with van der Waals surface area (Å²) in [6.45, 7) is 8.19. The Labute approximate surface area is 118 Å². The number of carbonyl (C=O) groups is 1. The molecule has 0 saturated heterocycles. The van der Waals surface area contributed by atoms with Crippen molar-refractivity contribution in [2.75, 3.05) is 0 Å². The molecule has 0 saturated carbocycles. The van der Waals surface area contributed by atoms with E-state index in [1.54, 1.807) is 0 Å². The minimum atomic E-state index is 0.00516. The van der Waals surface area contributed by atoms with E-state index in [1.807, 2.05) is 26.0 Å². The van der Waals surface area contributed by atoms with E-state index in [0.717, 1.165) is 9.75 Å². The van der Waals surface area contributed by atoms with E-state index in [-0.39, 0.29) is 11.9 Å². The quantitative estimate of drug-likeness (QED) is 0.893. The maximum Gasteiger partial charge on any atom is 0.261 e. The predicted molar refractivity (Wildman–Crippen MR) is 80.9 cm³/mol. The third kappa shape index (κ3) is 3.24. The molecule has 19 heavy (non-hydrogen) atoms. The summed E-state index contributed by atoms with van der Waals surface area (Å²) in [5, 5.41) is 3.06. The lowest BCUT2D eigenvalue weighted by molar-refractivity contribution is 0.0944. The number of hydrogen-bond acceptors (Lipinski definition) is 2. The molecule has 2 rings (SSSR count). The van der Waals surface area contributed by atoms with Gasteiger partial charge in [-0.25, -0.2) is 0 Å². The summed E-state index contributed by atoms with van der Waals surface area (Å²) >= 11 is 1.53. The van der Waals surface area contributed by atoms with Crippen molar-refractivity contribution in [3.05, 3.63) is 56.8 Å². The van der Waals surface area contributed by atoms with Gasteiger partial charge in [-0.05, 0) is 51.0 Å². The van der Waals surface area contributed by atoms with Gasteiger partial charge in [-0.2, -0.15) is 0 Å². The van der Waals surface area contributed by atoms with E-state index in [0.29, 0.717) is 0 Å². The average molecular weight is 273 g/mol. The summed E-state index contributed by atoms with van der Waals surface area (Å²) < 4.78 is 0. The van der Waals surface area contributed by atoms with Crippen LogP contribution in [0.25, 0.3) is 0 Å². The zero-order valence-electron chi connectivity index (χ0n) is 11.8. The highest BCUT2D eigenvalue weighted by Gasteiger charge is 2.14. The molecule has 0 spiro atoms. The van der Waals surface area contributed by atoms with Crippen LogP contribution in [0.3, 0.4) is 0 Å². The Morgan fingerprint density at radius 3 is 2.47 bits per heavy atom. The SMILES string of the molecule is Cc1ccc([C@@H](C)NC(=O)c2ccc(C)s2)c(C)c1. The summed E-state index contributed by atoms with van der Waals surface area (Å²) in [5.41, 5.74) is 3.64. The van der Waals surface area contributed by atoms with Crippen molar-refractivity contribution in [2.45, 2.75) is 33.7 Å². The van der Waals surface area contributed by atoms with Crippen LogP contribution in [0.2, 0.25) is 0 Å². The van der Waals surface area contributed by atoms with Crippen molar-refractivity contribution in [2.24, 2.45) is 0 Å². The molecule has 1 heterocycles. The highest BCUT2D eigenvalue weighted by molar-refractivity contribution is 7.13. The fourth-order valence-electron chi connectivity index (χ4n) is 2.21.